The molecule has 0 saturated heterocycles. The lowest BCUT2D eigenvalue weighted by atomic mass is 10.4. The molecule has 0 amide bonds. The molecule has 0 fully saturated rings. The van der Waals surface area contributed by atoms with E-state index in [0.717, 1.165) is 0 Å². The molecule has 0 bridgehead atoms. The van der Waals surface area contributed by atoms with Gasteiger partial charge in [-0.1, -0.05) is 0 Å². The Hall–Kier alpha value is -1.03. The Labute approximate surface area is 68.4 Å². The van der Waals surface area contributed by atoms with Crippen LogP contribution in [0.1, 0.15) is 0 Å². The first-order valence-electron chi connectivity index (χ1n) is 3.03. The molecule has 0 aliphatic rings. The normalized spacial score (nSPS) is 12.8. The largest absolute Gasteiger partial charge is 0.480 e. The van der Waals surface area contributed by atoms with E-state index in [9.17, 15) is 4.79 Å². The van der Waals surface area contributed by atoms with Crippen molar-refractivity contribution < 1.29 is 9.90 Å². The number of aromatic nitrogens is 2. The van der Waals surface area contributed by atoms with Gasteiger partial charge in [-0.2, -0.15) is 0 Å². The summed E-state index contributed by atoms with van der Waals surface area (Å²) in [6.45, 7) is 0.247. The zero-order chi connectivity index (χ0) is 8.27. The van der Waals surface area contributed by atoms with E-state index >= 15 is 0 Å². The molecule has 0 aromatic carbocycles. The van der Waals surface area contributed by atoms with Gasteiger partial charge in [0.15, 0.2) is 0 Å². The van der Waals surface area contributed by atoms with Gasteiger partial charge in [0.05, 0.1) is 12.9 Å². The molecular formula is C6H7ClN2O2. The highest BCUT2D eigenvalue weighted by molar-refractivity contribution is 6.29. The summed E-state index contributed by atoms with van der Waals surface area (Å²) < 4.78 is 1.62. The Balaban J connectivity index is 2.50. The summed E-state index contributed by atoms with van der Waals surface area (Å²) in [5.41, 5.74) is 0. The van der Waals surface area contributed by atoms with Gasteiger partial charge < -0.3 is 9.67 Å². The monoisotopic (exact) mass is 174 g/mol. The highest BCUT2D eigenvalue weighted by Gasteiger charge is 2.12. The lowest BCUT2D eigenvalue weighted by molar-refractivity contribution is -0.136. The van der Waals surface area contributed by atoms with Gasteiger partial charge in [-0.3, -0.25) is 4.79 Å². The molecule has 1 heterocycles. The molecule has 0 aliphatic heterocycles. The third-order valence-electron chi connectivity index (χ3n) is 1.20. The Morgan fingerprint density at radius 3 is 3.00 bits per heavy atom. The summed E-state index contributed by atoms with van der Waals surface area (Å²) in [7, 11) is 0. The van der Waals surface area contributed by atoms with Crippen molar-refractivity contribution in [1.29, 1.82) is 0 Å². The SMILES string of the molecule is O=C(O)C(Cl)Cn1ccnc1. The van der Waals surface area contributed by atoms with Crippen LogP contribution in [0.2, 0.25) is 0 Å². The molecule has 0 radical (unpaired) electrons. The summed E-state index contributed by atoms with van der Waals surface area (Å²) >= 11 is 5.46. The van der Waals surface area contributed by atoms with E-state index in [1.54, 1.807) is 17.0 Å². The number of carbonyl (C=O) groups is 1. The highest BCUT2D eigenvalue weighted by Crippen LogP contribution is 1.99. The molecule has 0 saturated carbocycles. The van der Waals surface area contributed by atoms with Crippen molar-refractivity contribution in [3.05, 3.63) is 18.7 Å². The second-order valence-corrected chi connectivity index (χ2v) is 2.59. The Morgan fingerprint density at radius 2 is 2.55 bits per heavy atom. The van der Waals surface area contributed by atoms with Crippen molar-refractivity contribution in [2.75, 3.05) is 0 Å². The van der Waals surface area contributed by atoms with Crippen LogP contribution in [0.4, 0.5) is 0 Å². The van der Waals surface area contributed by atoms with Gasteiger partial charge in [0.25, 0.3) is 0 Å². The number of halogens is 1. The van der Waals surface area contributed by atoms with Crippen LogP contribution in [-0.4, -0.2) is 26.0 Å². The molecule has 0 spiro atoms. The maximum absolute atomic E-state index is 10.3. The van der Waals surface area contributed by atoms with Crippen molar-refractivity contribution in [3.8, 4) is 0 Å². The van der Waals surface area contributed by atoms with Gasteiger partial charge in [-0.25, -0.2) is 4.98 Å². The number of hydrogen-bond acceptors (Lipinski definition) is 2. The minimum absolute atomic E-state index is 0.247. The first-order valence-corrected chi connectivity index (χ1v) is 3.46. The standard InChI is InChI=1S/C6H7ClN2O2/c7-5(6(10)11)3-9-2-1-8-4-9/h1-2,4-5H,3H2,(H,10,11). The number of nitrogens with zero attached hydrogens (tertiary/aromatic N) is 2. The van der Waals surface area contributed by atoms with Crippen LogP contribution in [0.15, 0.2) is 18.7 Å². The van der Waals surface area contributed by atoms with Crippen LogP contribution in [0.5, 0.6) is 0 Å². The third-order valence-corrected chi connectivity index (χ3v) is 1.52. The van der Waals surface area contributed by atoms with Crippen LogP contribution in [0.25, 0.3) is 0 Å². The van der Waals surface area contributed by atoms with Crippen LogP contribution < -0.4 is 0 Å². The van der Waals surface area contributed by atoms with Crippen LogP contribution in [-0.2, 0) is 11.3 Å². The van der Waals surface area contributed by atoms with Crippen molar-refractivity contribution in [1.82, 2.24) is 9.55 Å². The van der Waals surface area contributed by atoms with E-state index in [4.69, 9.17) is 16.7 Å². The molecule has 1 unspecified atom stereocenters. The number of hydrogen-bond donors (Lipinski definition) is 1. The van der Waals surface area contributed by atoms with Gasteiger partial charge in [0, 0.05) is 12.4 Å². The van der Waals surface area contributed by atoms with Gasteiger partial charge in [-0.15, -0.1) is 11.6 Å². The molecule has 1 N–H and O–H groups in total. The predicted octanol–water partition coefficient (Wildman–Crippen LogP) is 0.575. The topological polar surface area (TPSA) is 55.1 Å². The number of carboxylic acid groups (broad SMARTS) is 1. The Morgan fingerprint density at radius 1 is 1.82 bits per heavy atom. The maximum atomic E-state index is 10.3. The fourth-order valence-electron chi connectivity index (χ4n) is 0.658. The number of rotatable bonds is 3. The Kier molecular flexibility index (Phi) is 2.48. The molecule has 5 heteroatoms. The number of carboxylic acids is 1. The Bertz CT molecular complexity index is 235. The first-order chi connectivity index (χ1) is 5.20. The van der Waals surface area contributed by atoms with E-state index in [-0.39, 0.29) is 6.54 Å². The minimum atomic E-state index is -1.01. The molecule has 1 aromatic heterocycles. The fraction of sp³-hybridized carbons (Fsp3) is 0.333. The number of alkyl halides is 1. The summed E-state index contributed by atoms with van der Waals surface area (Å²) in [6.07, 6.45) is 4.77. The average molecular weight is 175 g/mol. The molecule has 1 rings (SSSR count). The van der Waals surface area contributed by atoms with Gasteiger partial charge in [-0.05, 0) is 0 Å². The summed E-state index contributed by atoms with van der Waals surface area (Å²) in [6, 6.07) is 0. The van der Waals surface area contributed by atoms with Crippen molar-refractivity contribution in [2.45, 2.75) is 11.9 Å². The van der Waals surface area contributed by atoms with E-state index in [1.807, 2.05) is 0 Å². The van der Waals surface area contributed by atoms with Gasteiger partial charge in [0.2, 0.25) is 0 Å². The van der Waals surface area contributed by atoms with Crippen LogP contribution in [0, 0.1) is 0 Å². The summed E-state index contributed by atoms with van der Waals surface area (Å²) in [5.74, 6) is -1.01. The fourth-order valence-corrected chi connectivity index (χ4v) is 0.817. The quantitative estimate of drug-likeness (QED) is 0.682. The molecule has 4 nitrogen and oxygen atoms in total. The second kappa shape index (κ2) is 3.39. The van der Waals surface area contributed by atoms with E-state index in [2.05, 4.69) is 4.98 Å². The molecule has 1 atom stereocenters. The zero-order valence-electron chi connectivity index (χ0n) is 5.64. The maximum Gasteiger partial charge on any atom is 0.323 e. The van der Waals surface area contributed by atoms with Gasteiger partial charge in [0.1, 0.15) is 5.38 Å². The average Bonchev–Trinajstić information content (AvgIpc) is 2.39. The first kappa shape index (κ1) is 8.07. The predicted molar refractivity (Wildman–Crippen MR) is 39.5 cm³/mol. The number of aliphatic carboxylic acids is 1. The molecule has 60 valence electrons. The summed E-state index contributed by atoms with van der Waals surface area (Å²) in [5, 5.41) is 7.53. The van der Waals surface area contributed by atoms with Crippen molar-refractivity contribution in [3.63, 3.8) is 0 Å². The third kappa shape index (κ3) is 2.23. The molecule has 1 aromatic rings. The van der Waals surface area contributed by atoms with E-state index in [1.165, 1.54) is 6.33 Å². The molecule has 0 aliphatic carbocycles. The highest BCUT2D eigenvalue weighted by atomic mass is 35.5. The van der Waals surface area contributed by atoms with Gasteiger partial charge >= 0.3 is 5.97 Å². The lowest BCUT2D eigenvalue weighted by Crippen LogP contribution is -2.19. The van der Waals surface area contributed by atoms with Crippen molar-refractivity contribution in [2.24, 2.45) is 0 Å². The molecule has 11 heavy (non-hydrogen) atoms. The summed E-state index contributed by atoms with van der Waals surface area (Å²) in [4.78, 5) is 14.0. The molecular weight excluding hydrogens is 168 g/mol. The van der Waals surface area contributed by atoms with Crippen molar-refractivity contribution >= 4 is 17.6 Å². The van der Waals surface area contributed by atoms with Crippen LogP contribution in [0.3, 0.4) is 0 Å². The van der Waals surface area contributed by atoms with E-state index in [0.29, 0.717) is 0 Å². The van der Waals surface area contributed by atoms with Crippen LogP contribution >= 0.6 is 11.6 Å². The lowest BCUT2D eigenvalue weighted by Gasteiger charge is -2.03. The second-order valence-electron chi connectivity index (χ2n) is 2.07. The zero-order valence-corrected chi connectivity index (χ0v) is 6.40. The minimum Gasteiger partial charge on any atom is -0.480 e. The van der Waals surface area contributed by atoms with E-state index < -0.39 is 11.3 Å². The number of imidazole rings is 1. The smallest absolute Gasteiger partial charge is 0.323 e.